The number of halogens is 1. The molecule has 0 bridgehead atoms. The molecule has 130 valence electrons. The largest absolute Gasteiger partial charge is 0.481 e. The Labute approximate surface area is 147 Å². The van der Waals surface area contributed by atoms with Crippen LogP contribution in [0.3, 0.4) is 0 Å². The van der Waals surface area contributed by atoms with E-state index < -0.39 is 6.10 Å². The third kappa shape index (κ3) is 3.64. The average Bonchev–Trinajstić information content (AvgIpc) is 2.62. The Morgan fingerprint density at radius 1 is 1.12 bits per heavy atom. The highest BCUT2D eigenvalue weighted by Gasteiger charge is 2.15. The summed E-state index contributed by atoms with van der Waals surface area (Å²) in [6.07, 6.45) is 0.0387. The van der Waals surface area contributed by atoms with Gasteiger partial charge in [0.25, 0.3) is 0 Å². The van der Waals surface area contributed by atoms with Gasteiger partial charge in [-0.3, -0.25) is 0 Å². The third-order valence-electron chi connectivity index (χ3n) is 4.46. The molecule has 0 spiro atoms. The molecule has 3 rings (SSSR count). The Bertz CT molecular complexity index is 892. The number of pyridine rings is 1. The summed E-state index contributed by atoms with van der Waals surface area (Å²) in [6.45, 7) is 3.95. The topological polar surface area (TPSA) is 42.4 Å². The van der Waals surface area contributed by atoms with Gasteiger partial charge in [0.05, 0.1) is 18.9 Å². The van der Waals surface area contributed by atoms with E-state index in [0.717, 1.165) is 16.5 Å². The number of nitrogens with zero attached hydrogens (tertiary/aromatic N) is 1. The van der Waals surface area contributed by atoms with Crippen molar-refractivity contribution in [1.29, 1.82) is 0 Å². The highest BCUT2D eigenvalue weighted by molar-refractivity contribution is 5.87. The van der Waals surface area contributed by atoms with E-state index in [1.165, 1.54) is 6.07 Å². The molecule has 1 N–H and O–H groups in total. The van der Waals surface area contributed by atoms with Crippen LogP contribution in [-0.4, -0.2) is 23.3 Å². The maximum Gasteiger partial charge on any atom is 0.216 e. The van der Waals surface area contributed by atoms with Crippen LogP contribution in [-0.2, 0) is 6.42 Å². The van der Waals surface area contributed by atoms with Crippen molar-refractivity contribution in [3.63, 3.8) is 0 Å². The van der Waals surface area contributed by atoms with Crippen LogP contribution in [0, 0.1) is 11.7 Å². The molecule has 0 aliphatic rings. The standard InChI is InChI=1S/C21H22FNO2/c1-13(2)20(24)12-16-9-10-19(23-21(16)25-3)15-8-7-14-5-4-6-18(22)17(14)11-15/h4-11,13,20,24H,12H2,1-3H3. The molecule has 3 nitrogen and oxygen atoms in total. The van der Waals surface area contributed by atoms with Gasteiger partial charge in [0.1, 0.15) is 5.82 Å². The molecule has 0 radical (unpaired) electrons. The van der Waals surface area contributed by atoms with E-state index in [4.69, 9.17) is 4.74 Å². The van der Waals surface area contributed by atoms with Crippen LogP contribution in [0.25, 0.3) is 22.0 Å². The lowest BCUT2D eigenvalue weighted by Gasteiger charge is -2.16. The van der Waals surface area contributed by atoms with Gasteiger partial charge in [-0.15, -0.1) is 0 Å². The first-order valence-electron chi connectivity index (χ1n) is 8.40. The summed E-state index contributed by atoms with van der Waals surface area (Å²) in [7, 11) is 1.57. The molecule has 25 heavy (non-hydrogen) atoms. The molecular weight excluding hydrogens is 317 g/mol. The van der Waals surface area contributed by atoms with Crippen LogP contribution in [0.4, 0.5) is 4.39 Å². The van der Waals surface area contributed by atoms with Crippen molar-refractivity contribution in [2.24, 2.45) is 5.92 Å². The predicted octanol–water partition coefficient (Wildman–Crippen LogP) is 4.61. The molecule has 1 heterocycles. The van der Waals surface area contributed by atoms with E-state index in [2.05, 4.69) is 4.98 Å². The SMILES string of the molecule is COc1nc(-c2ccc3cccc(F)c3c2)ccc1CC(O)C(C)C. The number of ether oxygens (including phenoxy) is 1. The summed E-state index contributed by atoms with van der Waals surface area (Å²) in [6, 6.07) is 14.4. The first-order chi connectivity index (χ1) is 12.0. The highest BCUT2D eigenvalue weighted by atomic mass is 19.1. The smallest absolute Gasteiger partial charge is 0.216 e. The van der Waals surface area contributed by atoms with E-state index in [1.807, 2.05) is 44.2 Å². The molecule has 1 aromatic heterocycles. The Balaban J connectivity index is 1.99. The highest BCUT2D eigenvalue weighted by Crippen LogP contribution is 2.28. The quantitative estimate of drug-likeness (QED) is 0.738. The lowest BCUT2D eigenvalue weighted by Crippen LogP contribution is -2.18. The number of rotatable bonds is 5. The summed E-state index contributed by atoms with van der Waals surface area (Å²) >= 11 is 0. The maximum absolute atomic E-state index is 14.0. The molecule has 0 saturated heterocycles. The molecule has 1 atom stereocenters. The first-order valence-corrected chi connectivity index (χ1v) is 8.40. The van der Waals surface area contributed by atoms with Crippen molar-refractivity contribution in [1.82, 2.24) is 4.98 Å². The van der Waals surface area contributed by atoms with Gasteiger partial charge in [-0.05, 0) is 29.5 Å². The van der Waals surface area contributed by atoms with Crippen molar-refractivity contribution in [3.8, 4) is 17.1 Å². The second kappa shape index (κ2) is 7.19. The molecule has 0 amide bonds. The molecule has 3 aromatic rings. The van der Waals surface area contributed by atoms with Gasteiger partial charge in [0, 0.05) is 22.9 Å². The number of aliphatic hydroxyl groups excluding tert-OH is 1. The number of hydrogen-bond donors (Lipinski definition) is 1. The number of aliphatic hydroxyl groups is 1. The third-order valence-corrected chi connectivity index (χ3v) is 4.46. The second-order valence-electron chi connectivity index (χ2n) is 6.56. The van der Waals surface area contributed by atoms with Gasteiger partial charge >= 0.3 is 0 Å². The molecule has 0 fully saturated rings. The van der Waals surface area contributed by atoms with E-state index in [1.54, 1.807) is 19.2 Å². The summed E-state index contributed by atoms with van der Waals surface area (Å²) in [5.74, 6) is 0.404. The fourth-order valence-corrected chi connectivity index (χ4v) is 2.82. The van der Waals surface area contributed by atoms with Gasteiger partial charge in [-0.25, -0.2) is 9.37 Å². The molecule has 0 aliphatic carbocycles. The second-order valence-corrected chi connectivity index (χ2v) is 6.56. The van der Waals surface area contributed by atoms with Crippen LogP contribution < -0.4 is 4.74 Å². The monoisotopic (exact) mass is 339 g/mol. The summed E-state index contributed by atoms with van der Waals surface area (Å²) in [4.78, 5) is 4.55. The minimum absolute atomic E-state index is 0.160. The molecule has 0 saturated carbocycles. The molecule has 0 aliphatic heterocycles. The van der Waals surface area contributed by atoms with Crippen molar-refractivity contribution < 1.29 is 14.2 Å². The zero-order valence-electron chi connectivity index (χ0n) is 14.7. The summed E-state index contributed by atoms with van der Waals surface area (Å²) in [5.41, 5.74) is 2.40. The number of aromatic nitrogens is 1. The lowest BCUT2D eigenvalue weighted by atomic mass is 9.99. The molecule has 1 unspecified atom stereocenters. The number of methoxy groups -OCH3 is 1. The number of benzene rings is 2. The fraction of sp³-hybridized carbons (Fsp3) is 0.286. The maximum atomic E-state index is 14.0. The fourth-order valence-electron chi connectivity index (χ4n) is 2.82. The van der Waals surface area contributed by atoms with Gasteiger partial charge < -0.3 is 9.84 Å². The normalized spacial score (nSPS) is 12.6. The number of hydrogen-bond acceptors (Lipinski definition) is 3. The van der Waals surface area contributed by atoms with Gasteiger partial charge in [-0.1, -0.05) is 44.2 Å². The first kappa shape index (κ1) is 17.4. The van der Waals surface area contributed by atoms with E-state index in [9.17, 15) is 9.50 Å². The zero-order valence-corrected chi connectivity index (χ0v) is 14.7. The lowest BCUT2D eigenvalue weighted by molar-refractivity contribution is 0.124. The summed E-state index contributed by atoms with van der Waals surface area (Å²) in [5, 5.41) is 11.5. The van der Waals surface area contributed by atoms with Crippen LogP contribution in [0.2, 0.25) is 0 Å². The van der Waals surface area contributed by atoms with Crippen molar-refractivity contribution in [3.05, 3.63) is 59.9 Å². The summed E-state index contributed by atoms with van der Waals surface area (Å²) < 4.78 is 19.4. The van der Waals surface area contributed by atoms with Crippen molar-refractivity contribution in [2.75, 3.05) is 7.11 Å². The number of fused-ring (bicyclic) bond motifs is 1. The van der Waals surface area contributed by atoms with Crippen LogP contribution in [0.15, 0.2) is 48.5 Å². The van der Waals surface area contributed by atoms with Gasteiger partial charge in [0.15, 0.2) is 0 Å². The minimum atomic E-state index is -0.448. The average molecular weight is 339 g/mol. The van der Waals surface area contributed by atoms with Crippen LogP contribution in [0.5, 0.6) is 5.88 Å². The molecular formula is C21H22FNO2. The molecule has 4 heteroatoms. The van der Waals surface area contributed by atoms with Crippen LogP contribution >= 0.6 is 0 Å². The Morgan fingerprint density at radius 2 is 1.92 bits per heavy atom. The Kier molecular flexibility index (Phi) is 5.00. The predicted molar refractivity (Wildman–Crippen MR) is 98.2 cm³/mol. The van der Waals surface area contributed by atoms with Gasteiger partial charge in [0.2, 0.25) is 5.88 Å². The van der Waals surface area contributed by atoms with Crippen LogP contribution in [0.1, 0.15) is 19.4 Å². The van der Waals surface area contributed by atoms with E-state index in [0.29, 0.717) is 23.4 Å². The molecule has 2 aromatic carbocycles. The minimum Gasteiger partial charge on any atom is -0.481 e. The Hall–Kier alpha value is -2.46. The van der Waals surface area contributed by atoms with E-state index >= 15 is 0 Å². The van der Waals surface area contributed by atoms with Crippen molar-refractivity contribution in [2.45, 2.75) is 26.4 Å². The van der Waals surface area contributed by atoms with Crippen molar-refractivity contribution >= 4 is 10.8 Å². The zero-order chi connectivity index (χ0) is 18.0. The Morgan fingerprint density at radius 3 is 2.64 bits per heavy atom. The van der Waals surface area contributed by atoms with E-state index in [-0.39, 0.29) is 11.7 Å². The van der Waals surface area contributed by atoms with Gasteiger partial charge in [-0.2, -0.15) is 0 Å².